The number of hydrogen-bond acceptors (Lipinski definition) is 4. The van der Waals surface area contributed by atoms with Gasteiger partial charge in [0.25, 0.3) is 11.8 Å². The molecule has 2 amide bonds. The summed E-state index contributed by atoms with van der Waals surface area (Å²) in [6, 6.07) is 11.5. The van der Waals surface area contributed by atoms with Crippen molar-refractivity contribution in [2.24, 2.45) is 0 Å². The Morgan fingerprint density at radius 2 is 1.70 bits per heavy atom. The van der Waals surface area contributed by atoms with E-state index in [4.69, 9.17) is 28.9 Å². The van der Waals surface area contributed by atoms with E-state index < -0.39 is 5.91 Å². The van der Waals surface area contributed by atoms with Gasteiger partial charge in [-0.3, -0.25) is 9.59 Å². The third kappa shape index (κ3) is 4.24. The molecule has 2 aromatic carbocycles. The summed E-state index contributed by atoms with van der Waals surface area (Å²) < 4.78 is 0. The van der Waals surface area contributed by atoms with E-state index in [-0.39, 0.29) is 22.2 Å². The van der Waals surface area contributed by atoms with Gasteiger partial charge >= 0.3 is 0 Å². The van der Waals surface area contributed by atoms with Crippen molar-refractivity contribution in [1.82, 2.24) is 0 Å². The van der Waals surface area contributed by atoms with Crippen molar-refractivity contribution in [2.45, 2.75) is 6.92 Å². The molecular weight excluding hydrogens is 405 g/mol. The van der Waals surface area contributed by atoms with Crippen LogP contribution in [-0.2, 0) is 0 Å². The van der Waals surface area contributed by atoms with Crippen LogP contribution in [0.4, 0.5) is 17.1 Å². The lowest BCUT2D eigenvalue weighted by molar-refractivity contribution is 0.102. The molecule has 0 bridgehead atoms. The number of halogens is 2. The number of carbonyl (C=O) groups is 2. The number of anilines is 3. The normalized spacial score (nSPS) is 10.5. The first kappa shape index (κ1) is 19.2. The van der Waals surface area contributed by atoms with Crippen molar-refractivity contribution in [3.05, 3.63) is 73.9 Å². The summed E-state index contributed by atoms with van der Waals surface area (Å²) in [6.07, 6.45) is 0. The van der Waals surface area contributed by atoms with Gasteiger partial charge in [0, 0.05) is 21.8 Å². The molecule has 1 heterocycles. The maximum absolute atomic E-state index is 12.7. The van der Waals surface area contributed by atoms with E-state index in [2.05, 4.69) is 10.6 Å². The minimum atomic E-state index is -0.405. The van der Waals surface area contributed by atoms with Crippen LogP contribution >= 0.6 is 34.5 Å². The lowest BCUT2D eigenvalue weighted by Crippen LogP contribution is -2.18. The molecule has 0 saturated carbocycles. The molecule has 4 N–H and O–H groups in total. The van der Waals surface area contributed by atoms with Crippen LogP contribution in [0.3, 0.4) is 0 Å². The molecular formula is C19H15Cl2N3O2S. The van der Waals surface area contributed by atoms with Crippen molar-refractivity contribution in [1.29, 1.82) is 0 Å². The zero-order valence-corrected chi connectivity index (χ0v) is 16.5. The van der Waals surface area contributed by atoms with E-state index in [1.54, 1.807) is 54.8 Å². The van der Waals surface area contributed by atoms with Crippen LogP contribution < -0.4 is 16.4 Å². The Labute approximate surface area is 170 Å². The lowest BCUT2D eigenvalue weighted by Gasteiger charge is -2.13. The quantitative estimate of drug-likeness (QED) is 0.525. The van der Waals surface area contributed by atoms with Gasteiger partial charge in [0.1, 0.15) is 0 Å². The highest BCUT2D eigenvalue weighted by Gasteiger charge is 2.20. The van der Waals surface area contributed by atoms with E-state index in [9.17, 15) is 9.59 Å². The predicted molar refractivity (Wildman–Crippen MR) is 112 cm³/mol. The molecule has 3 aromatic rings. The molecule has 5 nitrogen and oxygen atoms in total. The van der Waals surface area contributed by atoms with Crippen LogP contribution in [0.15, 0.2) is 47.8 Å². The minimum Gasteiger partial charge on any atom is -0.398 e. The van der Waals surface area contributed by atoms with E-state index >= 15 is 0 Å². The second-order valence-electron chi connectivity index (χ2n) is 5.72. The van der Waals surface area contributed by atoms with Crippen LogP contribution in [0, 0.1) is 6.92 Å². The van der Waals surface area contributed by atoms with Crippen LogP contribution in [0.2, 0.25) is 10.0 Å². The summed E-state index contributed by atoms with van der Waals surface area (Å²) >= 11 is 13.3. The maximum Gasteiger partial charge on any atom is 0.266 e. The van der Waals surface area contributed by atoms with Crippen LogP contribution in [0.5, 0.6) is 0 Å². The Morgan fingerprint density at radius 3 is 2.33 bits per heavy atom. The fourth-order valence-corrected chi connectivity index (χ4v) is 3.62. The molecule has 0 aliphatic heterocycles. The number of benzene rings is 2. The molecule has 0 saturated heterocycles. The Morgan fingerprint density at radius 1 is 1.00 bits per heavy atom. The molecule has 138 valence electrons. The molecule has 0 atom stereocenters. The SMILES string of the molecule is Cc1c(N)csc1C(=O)Nc1c(Cl)cccc1C(=O)Nc1ccc(Cl)cc1. The molecule has 8 heteroatoms. The molecule has 1 aromatic heterocycles. The van der Waals surface area contributed by atoms with Gasteiger partial charge in [-0.1, -0.05) is 29.3 Å². The van der Waals surface area contributed by atoms with Crippen LogP contribution in [-0.4, -0.2) is 11.8 Å². The number of carbonyl (C=O) groups excluding carboxylic acids is 2. The van der Waals surface area contributed by atoms with E-state index in [0.717, 1.165) is 0 Å². The Bertz CT molecular complexity index is 1020. The number of rotatable bonds is 4. The van der Waals surface area contributed by atoms with E-state index in [1.807, 2.05) is 0 Å². The topological polar surface area (TPSA) is 84.2 Å². The second kappa shape index (κ2) is 8.00. The number of thiophene rings is 1. The first-order valence-corrected chi connectivity index (χ1v) is 9.50. The number of para-hydroxylation sites is 1. The Kier molecular flexibility index (Phi) is 5.70. The fraction of sp³-hybridized carbons (Fsp3) is 0.0526. The smallest absolute Gasteiger partial charge is 0.266 e. The van der Waals surface area contributed by atoms with Crippen molar-refractivity contribution in [3.63, 3.8) is 0 Å². The molecule has 0 aliphatic carbocycles. The van der Waals surface area contributed by atoms with E-state index in [0.29, 0.717) is 26.8 Å². The average Bonchev–Trinajstić information content (AvgIpc) is 2.97. The van der Waals surface area contributed by atoms with Crippen LogP contribution in [0.1, 0.15) is 25.6 Å². The monoisotopic (exact) mass is 419 g/mol. The maximum atomic E-state index is 12.7. The Hall–Kier alpha value is -2.54. The summed E-state index contributed by atoms with van der Waals surface area (Å²) in [4.78, 5) is 25.8. The molecule has 0 spiro atoms. The highest BCUT2D eigenvalue weighted by Crippen LogP contribution is 2.30. The van der Waals surface area contributed by atoms with Gasteiger partial charge in [-0.15, -0.1) is 11.3 Å². The number of nitrogens with two attached hydrogens (primary N) is 1. The predicted octanol–water partition coefficient (Wildman–Crippen LogP) is 5.45. The molecule has 27 heavy (non-hydrogen) atoms. The number of nitrogen functional groups attached to an aromatic ring is 1. The van der Waals surface area contributed by atoms with Crippen molar-refractivity contribution in [3.8, 4) is 0 Å². The van der Waals surface area contributed by atoms with Gasteiger partial charge in [-0.2, -0.15) is 0 Å². The number of nitrogens with one attached hydrogen (secondary N) is 2. The molecule has 0 fully saturated rings. The van der Waals surface area contributed by atoms with Gasteiger partial charge in [0.2, 0.25) is 0 Å². The summed E-state index contributed by atoms with van der Waals surface area (Å²) in [5.74, 6) is -0.777. The number of hydrogen-bond donors (Lipinski definition) is 3. The third-order valence-corrected chi connectivity index (χ3v) is 5.55. The van der Waals surface area contributed by atoms with Gasteiger partial charge in [-0.25, -0.2) is 0 Å². The van der Waals surface area contributed by atoms with Crippen molar-refractivity contribution >= 4 is 63.4 Å². The average molecular weight is 420 g/mol. The number of amides is 2. The molecule has 0 unspecified atom stereocenters. The van der Waals surface area contributed by atoms with Crippen molar-refractivity contribution in [2.75, 3.05) is 16.4 Å². The van der Waals surface area contributed by atoms with Crippen LogP contribution in [0.25, 0.3) is 0 Å². The Balaban J connectivity index is 1.88. The zero-order chi connectivity index (χ0) is 19.6. The van der Waals surface area contributed by atoms with Gasteiger partial charge in [0.05, 0.1) is 21.2 Å². The highest BCUT2D eigenvalue weighted by atomic mass is 35.5. The third-order valence-electron chi connectivity index (χ3n) is 3.88. The summed E-state index contributed by atoms with van der Waals surface area (Å²) in [7, 11) is 0. The largest absolute Gasteiger partial charge is 0.398 e. The first-order valence-electron chi connectivity index (χ1n) is 7.87. The minimum absolute atomic E-state index is 0.238. The van der Waals surface area contributed by atoms with Gasteiger partial charge in [0.15, 0.2) is 0 Å². The fourth-order valence-electron chi connectivity index (χ4n) is 2.40. The van der Waals surface area contributed by atoms with Crippen molar-refractivity contribution < 1.29 is 9.59 Å². The summed E-state index contributed by atoms with van der Waals surface area (Å²) in [6.45, 7) is 1.77. The summed E-state index contributed by atoms with van der Waals surface area (Å²) in [5, 5.41) is 8.01. The van der Waals surface area contributed by atoms with Gasteiger partial charge in [-0.05, 0) is 48.9 Å². The van der Waals surface area contributed by atoms with Gasteiger partial charge < -0.3 is 16.4 Å². The lowest BCUT2D eigenvalue weighted by atomic mass is 10.1. The molecule has 0 radical (unpaired) electrons. The molecule has 0 aliphatic rings. The van der Waals surface area contributed by atoms with E-state index in [1.165, 1.54) is 11.3 Å². The standard InChI is InChI=1S/C19H15Cl2N3O2S/c1-10-15(22)9-27-17(10)19(26)24-16-13(3-2-4-14(16)21)18(25)23-12-7-5-11(20)6-8-12/h2-9H,22H2,1H3,(H,23,25)(H,24,26). The first-order chi connectivity index (χ1) is 12.9. The zero-order valence-electron chi connectivity index (χ0n) is 14.2. The molecule has 3 rings (SSSR count). The second-order valence-corrected chi connectivity index (χ2v) is 7.45. The summed E-state index contributed by atoms with van der Waals surface area (Å²) in [5.41, 5.74) is 8.10. The highest BCUT2D eigenvalue weighted by molar-refractivity contribution is 7.12.